The van der Waals surface area contributed by atoms with Crippen LogP contribution in [0.5, 0.6) is 0 Å². The van der Waals surface area contributed by atoms with Gasteiger partial charge in [0.2, 0.25) is 5.95 Å². The minimum atomic E-state index is 0.466. The molecule has 6 heteroatoms. The highest BCUT2D eigenvalue weighted by Gasteiger charge is 2.36. The van der Waals surface area contributed by atoms with E-state index in [2.05, 4.69) is 76.1 Å². The van der Waals surface area contributed by atoms with E-state index in [-0.39, 0.29) is 0 Å². The number of rotatable bonds is 4. The molecule has 6 nitrogen and oxygen atoms in total. The maximum atomic E-state index is 5.96. The van der Waals surface area contributed by atoms with Crippen LogP contribution in [0.15, 0.2) is 144 Å². The summed E-state index contributed by atoms with van der Waals surface area (Å²) < 4.78 is 2.30. The van der Waals surface area contributed by atoms with Crippen molar-refractivity contribution in [1.82, 2.24) is 19.5 Å². The van der Waals surface area contributed by atoms with Crippen molar-refractivity contribution in [2.45, 2.75) is 0 Å². The van der Waals surface area contributed by atoms with Crippen LogP contribution in [0.3, 0.4) is 0 Å². The number of hydrogen-bond acceptors (Lipinski definition) is 5. The molecule has 0 N–H and O–H groups in total. The Hall–Kier alpha value is -6.32. The van der Waals surface area contributed by atoms with E-state index in [1.165, 1.54) is 0 Å². The zero-order valence-corrected chi connectivity index (χ0v) is 24.5. The fraction of sp³-hybridized carbons (Fsp3) is 0.0256. The summed E-state index contributed by atoms with van der Waals surface area (Å²) in [6, 6.07) is 43.1. The van der Waals surface area contributed by atoms with Crippen molar-refractivity contribution in [2.24, 2.45) is 4.99 Å². The van der Waals surface area contributed by atoms with Gasteiger partial charge in [-0.1, -0.05) is 103 Å². The molecule has 8 rings (SSSR count). The fourth-order valence-corrected chi connectivity index (χ4v) is 6.24. The van der Waals surface area contributed by atoms with Crippen LogP contribution in [0.1, 0.15) is 5.56 Å². The minimum Gasteiger partial charge on any atom is -0.309 e. The van der Waals surface area contributed by atoms with E-state index >= 15 is 0 Å². The van der Waals surface area contributed by atoms with Crippen LogP contribution in [-0.4, -0.2) is 32.3 Å². The van der Waals surface area contributed by atoms with Crippen LogP contribution in [0.4, 0.5) is 11.6 Å². The lowest BCUT2D eigenvalue weighted by atomic mass is 10.0. The minimum absolute atomic E-state index is 0.466. The monoisotopic (exact) mass is 578 g/mol. The molecule has 0 atom stereocenters. The molecule has 0 radical (unpaired) electrons. The SMILES string of the molecule is C#CC=C1C(=NC)c2ccc3c(c2N1c1nc(-c2ccccc2)nc(-c2ccccc2)n1)c1ccccc1n3-c1ccccc1. The number of para-hydroxylation sites is 2. The number of aliphatic imine (C=N–C) groups is 1. The third-order valence-corrected chi connectivity index (χ3v) is 8.12. The Balaban J connectivity index is 1.49. The lowest BCUT2D eigenvalue weighted by Crippen LogP contribution is -2.19. The van der Waals surface area contributed by atoms with Crippen LogP contribution >= 0.6 is 0 Å². The summed E-state index contributed by atoms with van der Waals surface area (Å²) in [7, 11) is 1.79. The van der Waals surface area contributed by atoms with Gasteiger partial charge in [0, 0.05) is 46.3 Å². The van der Waals surface area contributed by atoms with Gasteiger partial charge in [0.1, 0.15) is 0 Å². The highest BCUT2D eigenvalue weighted by molar-refractivity contribution is 6.30. The Morgan fingerprint density at radius 3 is 1.89 bits per heavy atom. The molecule has 3 heterocycles. The van der Waals surface area contributed by atoms with E-state index in [1.54, 1.807) is 13.1 Å². The lowest BCUT2D eigenvalue weighted by Gasteiger charge is -2.21. The van der Waals surface area contributed by atoms with E-state index in [1.807, 2.05) is 66.7 Å². The molecule has 0 amide bonds. The number of aromatic nitrogens is 4. The van der Waals surface area contributed by atoms with Gasteiger partial charge in [0.05, 0.1) is 28.1 Å². The van der Waals surface area contributed by atoms with Gasteiger partial charge < -0.3 is 4.57 Å². The summed E-state index contributed by atoms with van der Waals surface area (Å²) in [4.78, 5) is 21.9. The number of fused-ring (bicyclic) bond motifs is 5. The number of benzene rings is 5. The number of nitrogens with zero attached hydrogens (tertiary/aromatic N) is 6. The smallest absolute Gasteiger partial charge is 0.238 e. The second-order valence-corrected chi connectivity index (χ2v) is 10.7. The second-order valence-electron chi connectivity index (χ2n) is 10.7. The van der Waals surface area contributed by atoms with E-state index in [0.717, 1.165) is 61.3 Å². The predicted octanol–water partition coefficient (Wildman–Crippen LogP) is 8.39. The molecule has 0 saturated heterocycles. The topological polar surface area (TPSA) is 59.2 Å². The Kier molecular flexibility index (Phi) is 6.29. The molecular formula is C39H26N6. The quantitative estimate of drug-likeness (QED) is 0.197. The molecule has 0 saturated carbocycles. The molecule has 0 unspecified atom stereocenters. The molecule has 7 aromatic rings. The number of hydrogen-bond donors (Lipinski definition) is 0. The van der Waals surface area contributed by atoms with E-state index in [4.69, 9.17) is 26.4 Å². The first kappa shape index (κ1) is 26.3. The summed E-state index contributed by atoms with van der Waals surface area (Å²) in [6.45, 7) is 0. The summed E-state index contributed by atoms with van der Waals surface area (Å²) in [5, 5.41) is 2.17. The van der Waals surface area contributed by atoms with Crippen LogP contribution in [-0.2, 0) is 0 Å². The van der Waals surface area contributed by atoms with Gasteiger partial charge in [0.25, 0.3) is 0 Å². The zero-order valence-electron chi connectivity index (χ0n) is 24.5. The fourth-order valence-electron chi connectivity index (χ4n) is 6.24. The molecule has 45 heavy (non-hydrogen) atoms. The Morgan fingerprint density at radius 2 is 1.27 bits per heavy atom. The van der Waals surface area contributed by atoms with Gasteiger partial charge in [0.15, 0.2) is 11.6 Å². The molecule has 5 aromatic carbocycles. The third-order valence-electron chi connectivity index (χ3n) is 8.12. The van der Waals surface area contributed by atoms with Crippen molar-refractivity contribution in [1.29, 1.82) is 0 Å². The van der Waals surface area contributed by atoms with Crippen molar-refractivity contribution in [3.8, 4) is 40.8 Å². The molecule has 0 aliphatic carbocycles. The molecule has 1 aliphatic rings. The normalized spacial score (nSPS) is 14.4. The molecule has 1 aliphatic heterocycles. The number of allylic oxidation sites excluding steroid dienone is 2. The first-order valence-corrected chi connectivity index (χ1v) is 14.7. The highest BCUT2D eigenvalue weighted by Crippen LogP contribution is 2.48. The Labute approximate surface area is 260 Å². The molecule has 0 bridgehead atoms. The van der Waals surface area contributed by atoms with Gasteiger partial charge in [-0.2, -0.15) is 9.97 Å². The highest BCUT2D eigenvalue weighted by atomic mass is 15.3. The van der Waals surface area contributed by atoms with Gasteiger partial charge in [-0.05, 0) is 30.3 Å². The van der Waals surface area contributed by atoms with Gasteiger partial charge in [-0.15, -0.1) is 6.42 Å². The van der Waals surface area contributed by atoms with Crippen molar-refractivity contribution in [3.63, 3.8) is 0 Å². The molecule has 2 aromatic heterocycles. The predicted molar refractivity (Wildman–Crippen MR) is 183 cm³/mol. The van der Waals surface area contributed by atoms with Crippen LogP contribution < -0.4 is 4.90 Å². The maximum absolute atomic E-state index is 5.96. The third kappa shape index (κ3) is 4.21. The van der Waals surface area contributed by atoms with Crippen LogP contribution in [0, 0.1) is 12.3 Å². The first-order chi connectivity index (χ1) is 22.3. The maximum Gasteiger partial charge on any atom is 0.238 e. The van der Waals surface area contributed by atoms with Crippen LogP contribution in [0.2, 0.25) is 0 Å². The summed E-state index contributed by atoms with van der Waals surface area (Å²) in [5.41, 5.74) is 8.44. The number of terminal acetylenes is 1. The first-order valence-electron chi connectivity index (χ1n) is 14.7. The van der Waals surface area contributed by atoms with E-state index < -0.39 is 0 Å². The standard InChI is InChI=1S/C39H26N6/c1-3-15-33-35(40-2)30-24-25-32-34(29-22-13-14-23-31(29)44(32)28-20-11-6-12-21-28)36(30)45(33)39-42-37(26-16-7-4-8-17-26)41-38(43-39)27-18-9-5-10-19-27/h1,4-25H,2H3. The summed E-state index contributed by atoms with van der Waals surface area (Å²) in [6.07, 6.45) is 7.71. The molecule has 0 spiro atoms. The molecule has 0 fully saturated rings. The Morgan fingerprint density at radius 1 is 0.667 bits per heavy atom. The molecular weight excluding hydrogens is 552 g/mol. The van der Waals surface area contributed by atoms with E-state index in [0.29, 0.717) is 17.6 Å². The zero-order chi connectivity index (χ0) is 30.3. The van der Waals surface area contributed by atoms with Gasteiger partial charge >= 0.3 is 0 Å². The van der Waals surface area contributed by atoms with Crippen molar-refractivity contribution < 1.29 is 0 Å². The average molecular weight is 579 g/mol. The summed E-state index contributed by atoms with van der Waals surface area (Å²) >= 11 is 0. The lowest BCUT2D eigenvalue weighted by molar-refractivity contribution is 1.02. The molecule has 212 valence electrons. The van der Waals surface area contributed by atoms with Crippen molar-refractivity contribution in [3.05, 3.63) is 145 Å². The largest absolute Gasteiger partial charge is 0.309 e. The second kappa shape index (κ2) is 10.7. The van der Waals surface area contributed by atoms with Crippen molar-refractivity contribution >= 4 is 39.2 Å². The van der Waals surface area contributed by atoms with E-state index in [9.17, 15) is 0 Å². The van der Waals surface area contributed by atoms with Gasteiger partial charge in [-0.3, -0.25) is 9.89 Å². The van der Waals surface area contributed by atoms with Crippen LogP contribution in [0.25, 0.3) is 50.3 Å². The van der Waals surface area contributed by atoms with Gasteiger partial charge in [-0.25, -0.2) is 4.98 Å². The number of anilines is 2. The Bertz CT molecular complexity index is 2270. The van der Waals surface area contributed by atoms with Crippen molar-refractivity contribution in [2.75, 3.05) is 11.9 Å². The summed E-state index contributed by atoms with van der Waals surface area (Å²) in [5.74, 6) is 4.36. The average Bonchev–Trinajstić information content (AvgIpc) is 3.61.